The summed E-state index contributed by atoms with van der Waals surface area (Å²) in [5.74, 6) is 0. The first-order valence-corrected chi connectivity index (χ1v) is 3.74. The lowest BCUT2D eigenvalue weighted by Gasteiger charge is -2.01. The molecule has 2 N–H and O–H groups in total. The number of aryl methyl sites for hydroxylation is 1. The highest BCUT2D eigenvalue weighted by atomic mass is 32.1. The normalized spacial score (nSPS) is 9.50. The molecule has 0 saturated heterocycles. The molecule has 1 aromatic heterocycles. The van der Waals surface area contributed by atoms with Crippen molar-refractivity contribution in [3.05, 3.63) is 17.5 Å². The molecule has 0 aliphatic heterocycles. The fraction of sp³-hybridized carbons (Fsp3) is 0.286. The number of hydrogen-bond donors (Lipinski definition) is 1. The fourth-order valence-electron chi connectivity index (χ4n) is 0.759. The molecule has 5 heteroatoms. The molecule has 1 rings (SSSR count). The molecule has 12 heavy (non-hydrogen) atoms. The highest BCUT2D eigenvalue weighted by molar-refractivity contribution is 7.80. The first kappa shape index (κ1) is 8.86. The molecule has 0 fully saturated rings. The standard InChI is InChI=1S/C7H9N3OS/c1-4-3-5(6(8)12)10-7(9-4)11-2/h3H,1-2H3,(H2,8,12). The number of aromatic nitrogens is 2. The fourth-order valence-corrected chi connectivity index (χ4v) is 0.863. The molecule has 0 atom stereocenters. The van der Waals surface area contributed by atoms with Gasteiger partial charge in [-0.3, -0.25) is 0 Å². The smallest absolute Gasteiger partial charge is 0.316 e. The maximum Gasteiger partial charge on any atom is 0.316 e. The summed E-state index contributed by atoms with van der Waals surface area (Å²) in [5, 5.41) is 0. The van der Waals surface area contributed by atoms with Crippen LogP contribution in [0.2, 0.25) is 0 Å². The minimum Gasteiger partial charge on any atom is -0.467 e. The zero-order chi connectivity index (χ0) is 9.14. The Morgan fingerprint density at radius 1 is 1.58 bits per heavy atom. The van der Waals surface area contributed by atoms with E-state index in [0.29, 0.717) is 5.69 Å². The maximum atomic E-state index is 5.39. The van der Waals surface area contributed by atoms with Gasteiger partial charge in [-0.25, -0.2) is 4.98 Å². The largest absolute Gasteiger partial charge is 0.467 e. The number of methoxy groups -OCH3 is 1. The summed E-state index contributed by atoms with van der Waals surface area (Å²) in [6.45, 7) is 1.83. The van der Waals surface area contributed by atoms with Gasteiger partial charge in [-0.1, -0.05) is 12.2 Å². The van der Waals surface area contributed by atoms with E-state index in [0.717, 1.165) is 5.69 Å². The van der Waals surface area contributed by atoms with Crippen LogP contribution in [-0.4, -0.2) is 22.1 Å². The maximum absolute atomic E-state index is 5.39. The Balaban J connectivity index is 3.15. The second-order valence-corrected chi connectivity index (χ2v) is 2.69. The van der Waals surface area contributed by atoms with Gasteiger partial charge >= 0.3 is 6.01 Å². The highest BCUT2D eigenvalue weighted by Gasteiger charge is 2.03. The molecule has 0 radical (unpaired) electrons. The van der Waals surface area contributed by atoms with E-state index in [1.807, 2.05) is 6.92 Å². The molecule has 4 nitrogen and oxygen atoms in total. The van der Waals surface area contributed by atoms with Crippen LogP contribution in [0.25, 0.3) is 0 Å². The van der Waals surface area contributed by atoms with Crippen molar-refractivity contribution >= 4 is 17.2 Å². The van der Waals surface area contributed by atoms with Gasteiger partial charge in [0, 0.05) is 5.69 Å². The number of rotatable bonds is 2. The van der Waals surface area contributed by atoms with Gasteiger partial charge in [0.25, 0.3) is 0 Å². The van der Waals surface area contributed by atoms with Crippen molar-refractivity contribution in [2.45, 2.75) is 6.92 Å². The monoisotopic (exact) mass is 183 g/mol. The summed E-state index contributed by atoms with van der Waals surface area (Å²) in [6.07, 6.45) is 0. The van der Waals surface area contributed by atoms with Gasteiger partial charge in [-0.05, 0) is 13.0 Å². The predicted octanol–water partition coefficient (Wildman–Crippen LogP) is 0.428. The third-order valence-electron chi connectivity index (χ3n) is 1.27. The summed E-state index contributed by atoms with van der Waals surface area (Å²) in [5.41, 5.74) is 6.71. The first-order valence-electron chi connectivity index (χ1n) is 3.33. The molecular formula is C7H9N3OS. The van der Waals surface area contributed by atoms with Gasteiger partial charge in [-0.2, -0.15) is 4.98 Å². The van der Waals surface area contributed by atoms with E-state index in [2.05, 4.69) is 9.97 Å². The van der Waals surface area contributed by atoms with Gasteiger partial charge < -0.3 is 10.5 Å². The van der Waals surface area contributed by atoms with Crippen LogP contribution in [0.4, 0.5) is 0 Å². The lowest BCUT2D eigenvalue weighted by molar-refractivity contribution is 0.378. The van der Waals surface area contributed by atoms with Crippen molar-refractivity contribution < 1.29 is 4.74 Å². The zero-order valence-electron chi connectivity index (χ0n) is 6.87. The summed E-state index contributed by atoms with van der Waals surface area (Å²) >= 11 is 4.76. The molecule has 0 saturated carbocycles. The van der Waals surface area contributed by atoms with Gasteiger partial charge in [0.05, 0.1) is 7.11 Å². The Morgan fingerprint density at radius 3 is 2.75 bits per heavy atom. The SMILES string of the molecule is COc1nc(C)cc(C(N)=S)n1. The topological polar surface area (TPSA) is 61.0 Å². The molecule has 0 aliphatic carbocycles. The summed E-state index contributed by atoms with van der Waals surface area (Å²) < 4.78 is 4.85. The van der Waals surface area contributed by atoms with Crippen molar-refractivity contribution in [2.24, 2.45) is 5.73 Å². The summed E-state index contributed by atoms with van der Waals surface area (Å²) in [6, 6.07) is 2.00. The van der Waals surface area contributed by atoms with E-state index >= 15 is 0 Å². The average molecular weight is 183 g/mol. The second-order valence-electron chi connectivity index (χ2n) is 2.25. The molecule has 0 aliphatic rings. The van der Waals surface area contributed by atoms with Gasteiger partial charge in [0.15, 0.2) is 0 Å². The summed E-state index contributed by atoms with van der Waals surface area (Å²) in [7, 11) is 1.50. The Morgan fingerprint density at radius 2 is 2.25 bits per heavy atom. The number of nitrogens with two attached hydrogens (primary N) is 1. The van der Waals surface area contributed by atoms with Gasteiger partial charge in [0.2, 0.25) is 0 Å². The first-order chi connectivity index (χ1) is 5.63. The minimum absolute atomic E-state index is 0.249. The van der Waals surface area contributed by atoms with Crippen LogP contribution >= 0.6 is 12.2 Å². The Hall–Kier alpha value is -1.23. The highest BCUT2D eigenvalue weighted by Crippen LogP contribution is 2.05. The molecule has 64 valence electrons. The molecule has 0 unspecified atom stereocenters. The van der Waals surface area contributed by atoms with E-state index in [9.17, 15) is 0 Å². The lowest BCUT2D eigenvalue weighted by atomic mass is 10.3. The van der Waals surface area contributed by atoms with Gasteiger partial charge in [-0.15, -0.1) is 0 Å². The number of hydrogen-bond acceptors (Lipinski definition) is 4. The van der Waals surface area contributed by atoms with E-state index in [-0.39, 0.29) is 11.0 Å². The molecule has 1 aromatic rings. The predicted molar refractivity (Wildman–Crippen MR) is 49.2 cm³/mol. The summed E-state index contributed by atoms with van der Waals surface area (Å²) in [4.78, 5) is 8.19. The van der Waals surface area contributed by atoms with Crippen LogP contribution in [0.3, 0.4) is 0 Å². The lowest BCUT2D eigenvalue weighted by Crippen LogP contribution is -2.13. The Bertz CT molecular complexity index is 314. The van der Waals surface area contributed by atoms with Crippen molar-refractivity contribution in [1.82, 2.24) is 9.97 Å². The van der Waals surface area contributed by atoms with Crippen LogP contribution in [0.1, 0.15) is 11.4 Å². The zero-order valence-corrected chi connectivity index (χ0v) is 7.68. The van der Waals surface area contributed by atoms with E-state index in [1.54, 1.807) is 6.07 Å². The Labute approximate surface area is 75.8 Å². The van der Waals surface area contributed by atoms with Crippen LogP contribution in [-0.2, 0) is 0 Å². The van der Waals surface area contributed by atoms with Gasteiger partial charge in [0.1, 0.15) is 10.7 Å². The third-order valence-corrected chi connectivity index (χ3v) is 1.48. The number of thiocarbonyl (C=S) groups is 1. The average Bonchev–Trinajstić information content (AvgIpc) is 2.03. The molecule has 0 aromatic carbocycles. The molecule has 0 bridgehead atoms. The van der Waals surface area contributed by atoms with Crippen molar-refractivity contribution in [3.8, 4) is 6.01 Å². The third kappa shape index (κ3) is 1.88. The quantitative estimate of drug-likeness (QED) is 0.674. The molecule has 0 spiro atoms. The number of ether oxygens (including phenoxy) is 1. The second kappa shape index (κ2) is 3.44. The molecular weight excluding hydrogens is 174 g/mol. The van der Waals surface area contributed by atoms with Crippen molar-refractivity contribution in [1.29, 1.82) is 0 Å². The minimum atomic E-state index is 0.249. The Kier molecular flexibility index (Phi) is 2.54. The van der Waals surface area contributed by atoms with E-state index < -0.39 is 0 Å². The van der Waals surface area contributed by atoms with Crippen molar-refractivity contribution in [3.63, 3.8) is 0 Å². The van der Waals surface area contributed by atoms with Crippen LogP contribution in [0.15, 0.2) is 6.07 Å². The van der Waals surface area contributed by atoms with Crippen LogP contribution in [0.5, 0.6) is 6.01 Å². The van der Waals surface area contributed by atoms with E-state index in [1.165, 1.54) is 7.11 Å². The van der Waals surface area contributed by atoms with Crippen LogP contribution < -0.4 is 10.5 Å². The molecule has 0 amide bonds. The van der Waals surface area contributed by atoms with Crippen LogP contribution in [0, 0.1) is 6.92 Å². The number of nitrogens with zero attached hydrogens (tertiary/aromatic N) is 2. The molecule has 1 heterocycles. The van der Waals surface area contributed by atoms with E-state index in [4.69, 9.17) is 22.7 Å². The van der Waals surface area contributed by atoms with Crippen molar-refractivity contribution in [2.75, 3.05) is 7.11 Å².